The normalized spacial score (nSPS) is 32.5. The van der Waals surface area contributed by atoms with Crippen LogP contribution in [0, 0.1) is 23.2 Å². The molecule has 5 heteroatoms. The maximum atomic E-state index is 5.44. The average molecular weight is 352 g/mol. The molecule has 6 rings (SSSR count). The highest BCUT2D eigenvalue weighted by Gasteiger charge is 2.50. The molecule has 0 saturated heterocycles. The lowest BCUT2D eigenvalue weighted by molar-refractivity contribution is -0.0606. The first kappa shape index (κ1) is 16.4. The van der Waals surface area contributed by atoms with Crippen molar-refractivity contribution in [3.63, 3.8) is 0 Å². The molecule has 2 aromatic rings. The van der Waals surface area contributed by atoms with E-state index in [0.29, 0.717) is 23.7 Å². The Morgan fingerprint density at radius 1 is 1.12 bits per heavy atom. The first-order valence-electron chi connectivity index (χ1n) is 10.1. The molecule has 0 unspecified atom stereocenters. The molecule has 0 aliphatic heterocycles. The van der Waals surface area contributed by atoms with Crippen LogP contribution in [0.25, 0.3) is 11.5 Å². The number of aromatic nitrogens is 3. The summed E-state index contributed by atoms with van der Waals surface area (Å²) in [7, 11) is 2.17. The van der Waals surface area contributed by atoms with Gasteiger partial charge >= 0.3 is 0 Å². The van der Waals surface area contributed by atoms with E-state index in [1.54, 1.807) is 6.20 Å². The SMILES string of the molecule is CN(CCC12CC3CC(CC(C3)C1)C2)Cc1nc(-c2ccccn2)no1. The lowest BCUT2D eigenvalue weighted by atomic mass is 9.49. The topological polar surface area (TPSA) is 55.1 Å². The van der Waals surface area contributed by atoms with Crippen molar-refractivity contribution in [1.29, 1.82) is 0 Å². The van der Waals surface area contributed by atoms with Crippen LogP contribution in [-0.2, 0) is 6.54 Å². The molecule has 0 amide bonds. The van der Waals surface area contributed by atoms with Crippen molar-refractivity contribution < 1.29 is 4.52 Å². The Morgan fingerprint density at radius 2 is 1.85 bits per heavy atom. The van der Waals surface area contributed by atoms with Crippen LogP contribution in [-0.4, -0.2) is 33.6 Å². The smallest absolute Gasteiger partial charge is 0.241 e. The van der Waals surface area contributed by atoms with Crippen molar-refractivity contribution >= 4 is 0 Å². The van der Waals surface area contributed by atoms with E-state index in [-0.39, 0.29) is 0 Å². The third kappa shape index (κ3) is 3.18. The summed E-state index contributed by atoms with van der Waals surface area (Å²) in [6, 6.07) is 5.74. The summed E-state index contributed by atoms with van der Waals surface area (Å²) in [5.41, 5.74) is 1.40. The fourth-order valence-corrected chi connectivity index (χ4v) is 6.25. The second-order valence-electron chi connectivity index (χ2n) is 9.13. The Labute approximate surface area is 155 Å². The molecule has 138 valence electrons. The predicted molar refractivity (Wildman–Crippen MR) is 99.1 cm³/mol. The molecule has 4 bridgehead atoms. The van der Waals surface area contributed by atoms with E-state index in [1.807, 2.05) is 18.2 Å². The molecule has 26 heavy (non-hydrogen) atoms. The molecule has 4 saturated carbocycles. The standard InChI is InChI=1S/C21H28N4O/c1-25(14-19-23-20(24-26-19)18-4-2-3-6-22-18)7-5-21-11-15-8-16(12-21)10-17(9-15)13-21/h2-4,6,15-17H,5,7-14H2,1H3. The van der Waals surface area contributed by atoms with Crippen molar-refractivity contribution in [3.05, 3.63) is 30.3 Å². The molecule has 0 spiro atoms. The van der Waals surface area contributed by atoms with E-state index in [0.717, 1.165) is 30.0 Å². The van der Waals surface area contributed by atoms with E-state index in [4.69, 9.17) is 4.52 Å². The average Bonchev–Trinajstić information content (AvgIpc) is 3.08. The zero-order valence-electron chi connectivity index (χ0n) is 15.6. The number of hydrogen-bond donors (Lipinski definition) is 0. The molecule has 0 aromatic carbocycles. The van der Waals surface area contributed by atoms with Gasteiger partial charge in [-0.3, -0.25) is 9.88 Å². The summed E-state index contributed by atoms with van der Waals surface area (Å²) in [5, 5.41) is 4.08. The van der Waals surface area contributed by atoms with Gasteiger partial charge in [-0.2, -0.15) is 4.98 Å². The molecule has 0 radical (unpaired) electrons. The van der Waals surface area contributed by atoms with Gasteiger partial charge in [-0.25, -0.2) is 0 Å². The summed E-state index contributed by atoms with van der Waals surface area (Å²) in [6.45, 7) is 1.83. The van der Waals surface area contributed by atoms with Gasteiger partial charge in [0.1, 0.15) is 5.69 Å². The molecule has 5 nitrogen and oxygen atoms in total. The largest absolute Gasteiger partial charge is 0.337 e. The van der Waals surface area contributed by atoms with Crippen LogP contribution in [0.5, 0.6) is 0 Å². The number of rotatable bonds is 6. The first-order valence-corrected chi connectivity index (χ1v) is 10.1. The second-order valence-corrected chi connectivity index (χ2v) is 9.13. The van der Waals surface area contributed by atoms with Crippen molar-refractivity contribution in [2.45, 2.75) is 51.5 Å². The number of nitrogens with zero attached hydrogens (tertiary/aromatic N) is 4. The monoisotopic (exact) mass is 352 g/mol. The Balaban J connectivity index is 1.18. The lowest BCUT2D eigenvalue weighted by Gasteiger charge is -2.57. The van der Waals surface area contributed by atoms with Crippen LogP contribution < -0.4 is 0 Å². The fraction of sp³-hybridized carbons (Fsp3) is 0.667. The molecule has 0 N–H and O–H groups in total. The summed E-state index contributed by atoms with van der Waals surface area (Å²) < 4.78 is 5.44. The molecule has 4 aliphatic rings. The van der Waals surface area contributed by atoms with Gasteiger partial charge in [-0.05, 0) is 93.8 Å². The summed E-state index contributed by atoms with van der Waals surface area (Å²) in [5.74, 6) is 4.35. The maximum absolute atomic E-state index is 5.44. The van der Waals surface area contributed by atoms with Gasteiger partial charge < -0.3 is 4.52 Å². The Bertz CT molecular complexity index is 721. The molecule has 4 aliphatic carbocycles. The van der Waals surface area contributed by atoms with Crippen LogP contribution in [0.1, 0.15) is 50.8 Å². The first-order chi connectivity index (χ1) is 12.7. The van der Waals surface area contributed by atoms with Crippen LogP contribution in [0.2, 0.25) is 0 Å². The van der Waals surface area contributed by atoms with Crippen molar-refractivity contribution in [2.24, 2.45) is 23.2 Å². The van der Waals surface area contributed by atoms with Gasteiger partial charge in [0.05, 0.1) is 6.54 Å². The fourth-order valence-electron chi connectivity index (χ4n) is 6.25. The molecule has 2 heterocycles. The Hall–Kier alpha value is -1.75. The maximum Gasteiger partial charge on any atom is 0.241 e. The lowest BCUT2D eigenvalue weighted by Crippen LogP contribution is -2.47. The Morgan fingerprint density at radius 3 is 2.50 bits per heavy atom. The summed E-state index contributed by atoms with van der Waals surface area (Å²) in [4.78, 5) is 11.1. The third-order valence-corrected chi connectivity index (χ3v) is 6.96. The Kier molecular flexibility index (Phi) is 4.07. The van der Waals surface area contributed by atoms with Gasteiger partial charge in [0.25, 0.3) is 0 Å². The molecular formula is C21H28N4O. The van der Waals surface area contributed by atoms with Gasteiger partial charge in [-0.15, -0.1) is 0 Å². The highest BCUT2D eigenvalue weighted by molar-refractivity contribution is 5.46. The van der Waals surface area contributed by atoms with Gasteiger partial charge in [-0.1, -0.05) is 11.2 Å². The van der Waals surface area contributed by atoms with E-state index in [2.05, 4.69) is 27.1 Å². The van der Waals surface area contributed by atoms with Crippen molar-refractivity contribution in [3.8, 4) is 11.5 Å². The van der Waals surface area contributed by atoms with E-state index in [1.165, 1.54) is 44.9 Å². The molecule has 2 aromatic heterocycles. The minimum absolute atomic E-state index is 0.579. The predicted octanol–water partition coefficient (Wildman–Crippen LogP) is 4.17. The van der Waals surface area contributed by atoms with E-state index in [9.17, 15) is 0 Å². The van der Waals surface area contributed by atoms with Gasteiger partial charge in [0, 0.05) is 6.20 Å². The summed E-state index contributed by atoms with van der Waals surface area (Å²) in [6.07, 6.45) is 12.1. The van der Waals surface area contributed by atoms with Crippen LogP contribution >= 0.6 is 0 Å². The highest BCUT2D eigenvalue weighted by atomic mass is 16.5. The molecule has 0 atom stereocenters. The van der Waals surface area contributed by atoms with Gasteiger partial charge in [0.2, 0.25) is 11.7 Å². The third-order valence-electron chi connectivity index (χ3n) is 6.96. The minimum atomic E-state index is 0.579. The van der Waals surface area contributed by atoms with Gasteiger partial charge in [0.15, 0.2) is 0 Å². The van der Waals surface area contributed by atoms with Crippen LogP contribution in [0.3, 0.4) is 0 Å². The molecule has 4 fully saturated rings. The van der Waals surface area contributed by atoms with E-state index < -0.39 is 0 Å². The quantitative estimate of drug-likeness (QED) is 0.781. The summed E-state index contributed by atoms with van der Waals surface area (Å²) >= 11 is 0. The second kappa shape index (κ2) is 6.45. The zero-order chi connectivity index (χ0) is 17.6. The van der Waals surface area contributed by atoms with Crippen LogP contribution in [0.15, 0.2) is 28.9 Å². The van der Waals surface area contributed by atoms with Crippen molar-refractivity contribution in [1.82, 2.24) is 20.0 Å². The zero-order valence-corrected chi connectivity index (χ0v) is 15.6. The number of pyridine rings is 1. The highest BCUT2D eigenvalue weighted by Crippen LogP contribution is 2.61. The minimum Gasteiger partial charge on any atom is -0.337 e. The van der Waals surface area contributed by atoms with E-state index >= 15 is 0 Å². The van der Waals surface area contributed by atoms with Crippen LogP contribution in [0.4, 0.5) is 0 Å². The van der Waals surface area contributed by atoms with Crippen molar-refractivity contribution in [2.75, 3.05) is 13.6 Å². The molecular weight excluding hydrogens is 324 g/mol. The number of hydrogen-bond acceptors (Lipinski definition) is 5.